The molecule has 1 N–H and O–H groups in total. The number of rotatable bonds is 7. The van der Waals surface area contributed by atoms with Gasteiger partial charge < -0.3 is 10.0 Å². The zero-order valence-electron chi connectivity index (χ0n) is 11.4. The monoisotopic (exact) mass is 265 g/mol. The van der Waals surface area contributed by atoms with Gasteiger partial charge >= 0.3 is 5.97 Å². The van der Waals surface area contributed by atoms with Gasteiger partial charge in [-0.3, -0.25) is 0 Å². The lowest BCUT2D eigenvalue weighted by Crippen LogP contribution is -2.25. The first kappa shape index (κ1) is 15.2. The molecule has 0 aromatic heterocycles. The summed E-state index contributed by atoms with van der Waals surface area (Å²) in [6, 6.07) is 4.49. The third-order valence-corrected chi connectivity index (χ3v) is 2.72. The molecular weight excluding hydrogens is 245 g/mol. The van der Waals surface area contributed by atoms with E-state index in [0.29, 0.717) is 5.56 Å². The van der Waals surface area contributed by atoms with Crippen molar-refractivity contribution in [2.75, 3.05) is 18.0 Å². The van der Waals surface area contributed by atoms with Crippen LogP contribution >= 0.6 is 0 Å². The highest BCUT2D eigenvalue weighted by Gasteiger charge is 2.09. The topological polar surface area (TPSA) is 40.5 Å². The molecule has 0 aliphatic carbocycles. The molecule has 4 heteroatoms. The van der Waals surface area contributed by atoms with Crippen molar-refractivity contribution >= 4 is 17.7 Å². The molecule has 0 fully saturated rings. The minimum Gasteiger partial charge on any atom is -0.478 e. The molecular formula is C15H20FNO2. The second-order valence-electron chi connectivity index (χ2n) is 4.36. The van der Waals surface area contributed by atoms with Crippen molar-refractivity contribution in [1.82, 2.24) is 0 Å². The number of carboxylic acid groups (broad SMARTS) is 1. The largest absolute Gasteiger partial charge is 0.478 e. The van der Waals surface area contributed by atoms with E-state index in [2.05, 4.69) is 18.7 Å². The number of benzene rings is 1. The van der Waals surface area contributed by atoms with E-state index in [1.807, 2.05) is 0 Å². The molecule has 0 saturated carbocycles. The van der Waals surface area contributed by atoms with Crippen LogP contribution in [0.3, 0.4) is 0 Å². The lowest BCUT2D eigenvalue weighted by atomic mass is 10.1. The molecule has 0 amide bonds. The smallest absolute Gasteiger partial charge is 0.328 e. The van der Waals surface area contributed by atoms with Gasteiger partial charge in [0.15, 0.2) is 0 Å². The summed E-state index contributed by atoms with van der Waals surface area (Å²) in [5.74, 6) is -1.39. The Morgan fingerprint density at radius 2 is 1.95 bits per heavy atom. The predicted molar refractivity (Wildman–Crippen MR) is 75.9 cm³/mol. The number of hydrogen-bond acceptors (Lipinski definition) is 2. The summed E-state index contributed by atoms with van der Waals surface area (Å²) < 4.78 is 13.3. The van der Waals surface area contributed by atoms with Gasteiger partial charge in [-0.1, -0.05) is 13.8 Å². The van der Waals surface area contributed by atoms with Crippen LogP contribution in [0.4, 0.5) is 10.1 Å². The number of hydrogen-bond donors (Lipinski definition) is 1. The van der Waals surface area contributed by atoms with Gasteiger partial charge in [-0.2, -0.15) is 0 Å². The Morgan fingerprint density at radius 1 is 1.32 bits per heavy atom. The quantitative estimate of drug-likeness (QED) is 0.766. The molecule has 104 valence electrons. The number of anilines is 1. The van der Waals surface area contributed by atoms with Crippen molar-refractivity contribution in [2.24, 2.45) is 0 Å². The molecule has 0 atom stereocenters. The molecule has 0 spiro atoms. The molecule has 0 saturated heterocycles. The van der Waals surface area contributed by atoms with Gasteiger partial charge in [0.2, 0.25) is 0 Å². The van der Waals surface area contributed by atoms with E-state index in [1.165, 1.54) is 18.2 Å². The first-order valence-corrected chi connectivity index (χ1v) is 6.54. The molecule has 0 radical (unpaired) electrons. The highest BCUT2D eigenvalue weighted by atomic mass is 19.1. The van der Waals surface area contributed by atoms with E-state index in [-0.39, 0.29) is 5.82 Å². The summed E-state index contributed by atoms with van der Waals surface area (Å²) in [6.07, 6.45) is 4.45. The Hall–Kier alpha value is -1.84. The van der Waals surface area contributed by atoms with Crippen molar-refractivity contribution in [3.63, 3.8) is 0 Å². The van der Waals surface area contributed by atoms with E-state index in [9.17, 15) is 9.18 Å². The van der Waals surface area contributed by atoms with Crippen LogP contribution in [-0.4, -0.2) is 24.2 Å². The van der Waals surface area contributed by atoms with Crippen LogP contribution in [0.25, 0.3) is 6.08 Å². The lowest BCUT2D eigenvalue weighted by Gasteiger charge is -2.25. The zero-order valence-corrected chi connectivity index (χ0v) is 11.4. The fourth-order valence-electron chi connectivity index (χ4n) is 2.00. The maximum atomic E-state index is 13.3. The number of carbonyl (C=O) groups is 1. The van der Waals surface area contributed by atoms with Crippen LogP contribution in [0, 0.1) is 5.82 Å². The van der Waals surface area contributed by atoms with Crippen molar-refractivity contribution in [3.8, 4) is 0 Å². The van der Waals surface area contributed by atoms with Gasteiger partial charge in [0.05, 0.1) is 0 Å². The summed E-state index contributed by atoms with van der Waals surface area (Å²) in [5.41, 5.74) is 1.48. The molecule has 3 nitrogen and oxygen atoms in total. The van der Waals surface area contributed by atoms with Crippen molar-refractivity contribution in [3.05, 3.63) is 35.7 Å². The summed E-state index contributed by atoms with van der Waals surface area (Å²) in [4.78, 5) is 12.7. The first-order chi connectivity index (χ1) is 9.08. The number of nitrogens with zero attached hydrogens (tertiary/aromatic N) is 1. The highest BCUT2D eigenvalue weighted by molar-refractivity contribution is 5.87. The molecule has 0 aliphatic rings. The molecule has 1 rings (SSSR count). The van der Waals surface area contributed by atoms with Crippen LogP contribution in [0.1, 0.15) is 32.3 Å². The van der Waals surface area contributed by atoms with Crippen LogP contribution < -0.4 is 4.90 Å². The Bertz CT molecular complexity index is 451. The maximum Gasteiger partial charge on any atom is 0.328 e. The molecule has 0 unspecified atom stereocenters. The molecule has 0 aliphatic heterocycles. The maximum absolute atomic E-state index is 13.3. The van der Waals surface area contributed by atoms with E-state index in [0.717, 1.165) is 37.7 Å². The predicted octanol–water partition coefficient (Wildman–Crippen LogP) is 3.55. The molecule has 1 aromatic rings. The highest BCUT2D eigenvalue weighted by Crippen LogP contribution is 2.23. The molecule has 19 heavy (non-hydrogen) atoms. The van der Waals surface area contributed by atoms with Crippen molar-refractivity contribution in [2.45, 2.75) is 26.7 Å². The Labute approximate surface area is 113 Å². The fourth-order valence-corrected chi connectivity index (χ4v) is 2.00. The van der Waals surface area contributed by atoms with Crippen molar-refractivity contribution < 1.29 is 14.3 Å². The van der Waals surface area contributed by atoms with Gasteiger partial charge in [0.25, 0.3) is 0 Å². The third-order valence-electron chi connectivity index (χ3n) is 2.72. The zero-order chi connectivity index (χ0) is 14.3. The summed E-state index contributed by atoms with van der Waals surface area (Å²) in [5, 5.41) is 8.69. The van der Waals surface area contributed by atoms with Gasteiger partial charge in [-0.05, 0) is 37.1 Å². The van der Waals surface area contributed by atoms with Gasteiger partial charge in [-0.25, -0.2) is 9.18 Å². The number of halogens is 1. The van der Waals surface area contributed by atoms with E-state index in [4.69, 9.17) is 5.11 Å². The minimum atomic E-state index is -1.03. The van der Waals surface area contributed by atoms with Crippen LogP contribution in [0.15, 0.2) is 24.3 Å². The second-order valence-corrected chi connectivity index (χ2v) is 4.36. The standard InChI is InChI=1S/C15H20FNO2/c1-3-9-17(10-4-2)14-7-6-13(16)11-12(14)5-8-15(18)19/h5-8,11H,3-4,9-10H2,1-2H3,(H,18,19)/b8-5+. The summed E-state index contributed by atoms with van der Waals surface area (Å²) >= 11 is 0. The average molecular weight is 265 g/mol. The van der Waals surface area contributed by atoms with Gasteiger partial charge in [-0.15, -0.1) is 0 Å². The normalized spacial score (nSPS) is 10.9. The first-order valence-electron chi connectivity index (χ1n) is 6.54. The average Bonchev–Trinajstić information content (AvgIpc) is 2.36. The Kier molecular flexibility index (Phi) is 6.06. The Balaban J connectivity index is 3.12. The molecule has 1 aromatic carbocycles. The molecule has 0 heterocycles. The van der Waals surface area contributed by atoms with Crippen LogP contribution in [-0.2, 0) is 4.79 Å². The third kappa shape index (κ3) is 4.73. The number of aliphatic carboxylic acids is 1. The fraction of sp³-hybridized carbons (Fsp3) is 0.400. The summed E-state index contributed by atoms with van der Waals surface area (Å²) in [7, 11) is 0. The van der Waals surface area contributed by atoms with Gasteiger partial charge in [0.1, 0.15) is 5.82 Å². The van der Waals surface area contributed by atoms with Crippen molar-refractivity contribution in [1.29, 1.82) is 0 Å². The second kappa shape index (κ2) is 7.56. The Morgan fingerprint density at radius 3 is 2.47 bits per heavy atom. The SMILES string of the molecule is CCCN(CCC)c1ccc(F)cc1/C=C/C(=O)O. The van der Waals surface area contributed by atoms with E-state index < -0.39 is 5.97 Å². The van der Waals surface area contributed by atoms with Crippen LogP contribution in [0.2, 0.25) is 0 Å². The lowest BCUT2D eigenvalue weighted by molar-refractivity contribution is -0.131. The minimum absolute atomic E-state index is 0.360. The van der Waals surface area contributed by atoms with Gasteiger partial charge in [0, 0.05) is 30.4 Å². The van der Waals surface area contributed by atoms with E-state index in [1.54, 1.807) is 6.07 Å². The van der Waals surface area contributed by atoms with E-state index >= 15 is 0 Å². The summed E-state index contributed by atoms with van der Waals surface area (Å²) in [6.45, 7) is 5.90. The number of carboxylic acids is 1. The van der Waals surface area contributed by atoms with Crippen LogP contribution in [0.5, 0.6) is 0 Å². The molecule has 0 bridgehead atoms.